The van der Waals surface area contributed by atoms with Crippen LogP contribution in [0.2, 0.25) is 0 Å². The van der Waals surface area contributed by atoms with Crippen LogP contribution in [0.3, 0.4) is 0 Å². The fourth-order valence-electron chi connectivity index (χ4n) is 7.51. The van der Waals surface area contributed by atoms with Crippen LogP contribution in [-0.2, 0) is 42.0 Å². The van der Waals surface area contributed by atoms with E-state index in [-0.39, 0.29) is 47.6 Å². The summed E-state index contributed by atoms with van der Waals surface area (Å²) in [6, 6.07) is 17.4. The Morgan fingerprint density at radius 2 is 1.38 bits per heavy atom. The third-order valence-corrected chi connectivity index (χ3v) is 11.9. The summed E-state index contributed by atoms with van der Waals surface area (Å²) in [6.45, 7) is 6.47. The molecule has 2 aromatic rings. The molecular weight excluding hydrogens is 679 g/mol. The van der Waals surface area contributed by atoms with Crippen molar-refractivity contribution in [2.45, 2.75) is 90.1 Å². The molecule has 286 valence electrons. The number of hydrogen-bond donors (Lipinski definition) is 3. The number of sulfonamides is 1. The zero-order valence-corrected chi connectivity index (χ0v) is 32.0. The van der Waals surface area contributed by atoms with Crippen LogP contribution >= 0.6 is 0 Å². The molecule has 2 heterocycles. The van der Waals surface area contributed by atoms with Gasteiger partial charge in [0.05, 0.1) is 18.3 Å². The molecule has 0 saturated carbocycles. The molecule has 4 rings (SSSR count). The van der Waals surface area contributed by atoms with Gasteiger partial charge in [-0.15, -0.1) is 0 Å². The first-order valence-corrected chi connectivity index (χ1v) is 20.7. The van der Waals surface area contributed by atoms with E-state index >= 15 is 0 Å². The van der Waals surface area contributed by atoms with Crippen molar-refractivity contribution in [3.05, 3.63) is 71.8 Å². The van der Waals surface area contributed by atoms with Crippen LogP contribution in [-0.4, -0.2) is 92.1 Å². The minimum absolute atomic E-state index is 0.00516. The lowest BCUT2D eigenvalue weighted by Crippen LogP contribution is -2.62. The van der Waals surface area contributed by atoms with Crippen LogP contribution < -0.4 is 16.8 Å². The van der Waals surface area contributed by atoms with Crippen molar-refractivity contribution in [1.29, 1.82) is 0 Å². The molecule has 5 N–H and O–H groups in total. The smallest absolute Gasteiger partial charge is 0.226 e. The largest absolute Gasteiger partial charge is 0.346 e. The maximum absolute atomic E-state index is 14.1. The highest BCUT2D eigenvalue weighted by molar-refractivity contribution is 7.88. The lowest BCUT2D eigenvalue weighted by molar-refractivity contribution is -0.142. The highest BCUT2D eigenvalue weighted by Gasteiger charge is 2.49. The Balaban J connectivity index is 1.45. The highest BCUT2D eigenvalue weighted by Crippen LogP contribution is 2.42. The first-order valence-electron chi connectivity index (χ1n) is 18.8. The number of ketones is 2. The van der Waals surface area contributed by atoms with Gasteiger partial charge in [0.25, 0.3) is 0 Å². The average Bonchev–Trinajstić information content (AvgIpc) is 3.09. The van der Waals surface area contributed by atoms with Crippen molar-refractivity contribution in [2.75, 3.05) is 39.0 Å². The quantitative estimate of drug-likeness (QED) is 0.173. The molecule has 2 saturated heterocycles. The van der Waals surface area contributed by atoms with Gasteiger partial charge < -0.3 is 21.7 Å². The van der Waals surface area contributed by atoms with Gasteiger partial charge in [0.2, 0.25) is 21.8 Å². The van der Waals surface area contributed by atoms with Gasteiger partial charge in [0.1, 0.15) is 0 Å². The van der Waals surface area contributed by atoms with Crippen LogP contribution in [0.1, 0.15) is 76.3 Å². The van der Waals surface area contributed by atoms with E-state index in [1.165, 1.54) is 10.6 Å². The maximum Gasteiger partial charge on any atom is 0.226 e. The number of Topliss-reactive ketones (excluding diaryl/α,β-unsaturated/α-hetero) is 2. The Kier molecular flexibility index (Phi) is 15.1. The van der Waals surface area contributed by atoms with E-state index in [2.05, 4.69) is 5.32 Å². The molecule has 2 aliphatic heterocycles. The Labute approximate surface area is 310 Å². The van der Waals surface area contributed by atoms with Crippen molar-refractivity contribution in [2.24, 2.45) is 34.6 Å². The monoisotopic (exact) mass is 737 g/mol. The van der Waals surface area contributed by atoms with Gasteiger partial charge in [0, 0.05) is 56.3 Å². The van der Waals surface area contributed by atoms with Gasteiger partial charge in [0.15, 0.2) is 11.6 Å². The van der Waals surface area contributed by atoms with E-state index in [1.807, 2.05) is 79.4 Å². The Morgan fingerprint density at radius 1 is 0.827 bits per heavy atom. The SMILES string of the molecule is CC(C)C[C@@H](NC(=O)[C@H](CC(=O)[C@H](N)Cc1ccccc1)Cc1ccccc1)C(=O)C[C@H](CCCCN)C(=O)N1CCC2(CC1)CN(S(C)(=O)=O)C2. The van der Waals surface area contributed by atoms with Gasteiger partial charge >= 0.3 is 0 Å². The number of carbonyl (C=O) groups is 4. The van der Waals surface area contributed by atoms with Crippen LogP contribution in [0.4, 0.5) is 0 Å². The minimum atomic E-state index is -3.23. The molecule has 11 nitrogen and oxygen atoms in total. The fourth-order valence-corrected chi connectivity index (χ4v) is 8.53. The number of nitrogens with one attached hydrogen (secondary N) is 1. The third kappa shape index (κ3) is 12.0. The molecule has 0 unspecified atom stereocenters. The van der Waals surface area contributed by atoms with Crippen molar-refractivity contribution < 1.29 is 27.6 Å². The number of nitrogens with two attached hydrogens (primary N) is 2. The molecule has 2 aromatic carbocycles. The van der Waals surface area contributed by atoms with Crippen molar-refractivity contribution in [3.63, 3.8) is 0 Å². The molecular formula is C40H59N5O6S. The molecule has 1 spiro atoms. The number of amides is 2. The summed E-state index contributed by atoms with van der Waals surface area (Å²) < 4.78 is 25.4. The normalized spacial score (nSPS) is 18.3. The predicted octanol–water partition coefficient (Wildman–Crippen LogP) is 3.49. The molecule has 12 heteroatoms. The average molecular weight is 738 g/mol. The predicted molar refractivity (Wildman–Crippen MR) is 203 cm³/mol. The van der Waals surface area contributed by atoms with Crippen LogP contribution in [0.25, 0.3) is 0 Å². The van der Waals surface area contributed by atoms with Gasteiger partial charge in [-0.2, -0.15) is 0 Å². The minimum Gasteiger partial charge on any atom is -0.346 e. The van der Waals surface area contributed by atoms with Gasteiger partial charge in [-0.25, -0.2) is 12.7 Å². The highest BCUT2D eigenvalue weighted by atomic mass is 32.2. The molecule has 2 fully saturated rings. The second-order valence-electron chi connectivity index (χ2n) is 15.6. The summed E-state index contributed by atoms with van der Waals surface area (Å²) in [4.78, 5) is 57.3. The molecule has 0 radical (unpaired) electrons. The summed E-state index contributed by atoms with van der Waals surface area (Å²) in [5.41, 5.74) is 13.9. The summed E-state index contributed by atoms with van der Waals surface area (Å²) in [7, 11) is -3.23. The number of piperidine rings is 1. The molecule has 52 heavy (non-hydrogen) atoms. The number of likely N-dealkylation sites (tertiary alicyclic amines) is 1. The number of rotatable bonds is 20. The lowest BCUT2D eigenvalue weighted by atomic mass is 9.73. The number of nitrogens with zero attached hydrogens (tertiary/aromatic N) is 2. The van der Waals surface area contributed by atoms with Gasteiger partial charge in [-0.05, 0) is 68.5 Å². The van der Waals surface area contributed by atoms with E-state index in [4.69, 9.17) is 11.5 Å². The summed E-state index contributed by atoms with van der Waals surface area (Å²) in [5, 5.41) is 3.02. The standard InChI is InChI=1S/C40H59N5O6S/c1-29(2)22-35(43-38(48)33(23-30-12-6-4-7-13-30)26-36(46)34(42)24-31-14-8-5-9-15-31)37(47)25-32(16-10-11-19-41)39(49)44-20-17-40(18-21-44)27-45(28-40)52(3,50)51/h4-9,12-15,29,32-35H,10-11,16-28,41-42H2,1-3H3,(H,43,48)/t32-,33-,34+,35+/m0/s1. The van der Waals surface area contributed by atoms with E-state index in [0.717, 1.165) is 30.4 Å². The molecule has 4 atom stereocenters. The molecule has 0 bridgehead atoms. The maximum atomic E-state index is 14.1. The summed E-state index contributed by atoms with van der Waals surface area (Å²) in [6.07, 6.45) is 5.63. The number of benzene rings is 2. The van der Waals surface area contributed by atoms with Gasteiger partial charge in [-0.1, -0.05) is 80.9 Å². The van der Waals surface area contributed by atoms with Crippen LogP contribution in [0, 0.1) is 23.2 Å². The number of carbonyl (C=O) groups excluding carboxylic acids is 4. The van der Waals surface area contributed by atoms with E-state index in [9.17, 15) is 27.6 Å². The second-order valence-corrected chi connectivity index (χ2v) is 17.5. The molecule has 0 aromatic heterocycles. The molecule has 2 amide bonds. The van der Waals surface area contributed by atoms with Crippen LogP contribution in [0.15, 0.2) is 60.7 Å². The van der Waals surface area contributed by atoms with E-state index < -0.39 is 33.9 Å². The Morgan fingerprint density at radius 3 is 1.92 bits per heavy atom. The molecule has 2 aliphatic rings. The summed E-state index contributed by atoms with van der Waals surface area (Å²) >= 11 is 0. The van der Waals surface area contributed by atoms with E-state index in [1.54, 1.807) is 0 Å². The number of unbranched alkanes of at least 4 members (excludes halogenated alkanes) is 1. The van der Waals surface area contributed by atoms with Crippen molar-refractivity contribution >= 4 is 33.4 Å². The number of hydrogen-bond acceptors (Lipinski definition) is 8. The topological polar surface area (TPSA) is 173 Å². The van der Waals surface area contributed by atoms with Gasteiger partial charge in [-0.3, -0.25) is 19.2 Å². The zero-order chi connectivity index (χ0) is 37.9. The molecule has 0 aliphatic carbocycles. The lowest BCUT2D eigenvalue weighted by Gasteiger charge is -2.53. The first-order chi connectivity index (χ1) is 24.7. The summed E-state index contributed by atoms with van der Waals surface area (Å²) in [5.74, 6) is -2.06. The Bertz CT molecular complexity index is 1590. The zero-order valence-electron chi connectivity index (χ0n) is 31.2. The Hall–Kier alpha value is -3.45. The van der Waals surface area contributed by atoms with E-state index in [0.29, 0.717) is 64.8 Å². The third-order valence-electron chi connectivity index (χ3n) is 10.7. The second kappa shape index (κ2) is 19.0. The van der Waals surface area contributed by atoms with Crippen LogP contribution in [0.5, 0.6) is 0 Å². The van der Waals surface area contributed by atoms with Crippen molar-refractivity contribution in [1.82, 2.24) is 14.5 Å². The van der Waals surface area contributed by atoms with Crippen molar-refractivity contribution in [3.8, 4) is 0 Å². The first kappa shape index (κ1) is 41.3. The fraction of sp³-hybridized carbons (Fsp3) is 0.600.